The Kier molecular flexibility index (Phi) is 30.7. The number of aliphatic hydroxyl groups excluding tert-OH is 1. The molecule has 29 heavy (non-hydrogen) atoms. The highest BCUT2D eigenvalue weighted by Gasteiger charge is 2.25. The van der Waals surface area contributed by atoms with E-state index < -0.39 is 0 Å². The summed E-state index contributed by atoms with van der Waals surface area (Å²) in [5, 5.41) is 7.00. The van der Waals surface area contributed by atoms with Gasteiger partial charge < -0.3 is 5.11 Å². The van der Waals surface area contributed by atoms with Crippen LogP contribution in [0.25, 0.3) is 5.57 Å². The monoisotopic (exact) mass is 400 g/mol. The van der Waals surface area contributed by atoms with Crippen molar-refractivity contribution in [1.29, 1.82) is 0 Å². The lowest BCUT2D eigenvalue weighted by atomic mass is 9.75. The maximum Gasteiger partial charge on any atom is 0.0319 e. The summed E-state index contributed by atoms with van der Waals surface area (Å²) >= 11 is 0. The predicted molar refractivity (Wildman–Crippen MR) is 138 cm³/mol. The van der Waals surface area contributed by atoms with Crippen LogP contribution in [0.5, 0.6) is 0 Å². The Morgan fingerprint density at radius 1 is 0.793 bits per heavy atom. The Bertz CT molecular complexity index is 611. The maximum absolute atomic E-state index is 7.00. The second-order valence-electron chi connectivity index (χ2n) is 4.72. The molecule has 0 amide bonds. The van der Waals surface area contributed by atoms with E-state index in [0.29, 0.717) is 0 Å². The van der Waals surface area contributed by atoms with Gasteiger partial charge in [0.2, 0.25) is 0 Å². The molecule has 0 aliphatic heterocycles. The largest absolute Gasteiger partial charge is 0.400 e. The van der Waals surface area contributed by atoms with Gasteiger partial charge in [0.1, 0.15) is 0 Å². The molecule has 1 nitrogen and oxygen atoms in total. The Labute approximate surface area is 183 Å². The molecule has 0 saturated heterocycles. The molecule has 0 spiro atoms. The number of allylic oxidation sites excluding steroid dienone is 9. The molecule has 0 aromatic heterocycles. The molecule has 1 N–H and O–H groups in total. The Balaban J connectivity index is -0.000000273. The number of rotatable bonds is 4. The van der Waals surface area contributed by atoms with Gasteiger partial charge in [0.25, 0.3) is 0 Å². The second kappa shape index (κ2) is 25.9. The Hall–Kier alpha value is -2.12. The van der Waals surface area contributed by atoms with Crippen LogP contribution in [0.4, 0.5) is 0 Å². The highest BCUT2D eigenvalue weighted by atomic mass is 16.2. The first-order valence-electron chi connectivity index (χ1n) is 11.1. The van der Waals surface area contributed by atoms with Crippen molar-refractivity contribution in [2.24, 2.45) is 0 Å². The van der Waals surface area contributed by atoms with Crippen LogP contribution in [-0.4, -0.2) is 12.2 Å². The second-order valence-corrected chi connectivity index (χ2v) is 4.72. The summed E-state index contributed by atoms with van der Waals surface area (Å²) in [6.07, 6.45) is 8.15. The van der Waals surface area contributed by atoms with Crippen LogP contribution in [0.2, 0.25) is 0 Å². The Morgan fingerprint density at radius 3 is 1.62 bits per heavy atom. The summed E-state index contributed by atoms with van der Waals surface area (Å²) in [6, 6.07) is 10.6. The fourth-order valence-electron chi connectivity index (χ4n) is 2.54. The van der Waals surface area contributed by atoms with Crippen molar-refractivity contribution < 1.29 is 5.11 Å². The minimum Gasteiger partial charge on any atom is -0.400 e. The molecule has 166 valence electrons. The van der Waals surface area contributed by atoms with E-state index in [1.54, 1.807) is 0 Å². The van der Waals surface area contributed by atoms with Crippen LogP contribution >= 0.6 is 0 Å². The van der Waals surface area contributed by atoms with Gasteiger partial charge in [-0.25, -0.2) is 0 Å². The van der Waals surface area contributed by atoms with E-state index in [1.807, 2.05) is 68.4 Å². The average Bonchev–Trinajstić information content (AvgIpc) is 2.83. The fraction of sp³-hybridized carbons (Fsp3) is 0.429. The number of aliphatic hydroxyl groups is 1. The molecule has 0 radical (unpaired) electrons. The summed E-state index contributed by atoms with van der Waals surface area (Å²) < 4.78 is 0. The first-order chi connectivity index (χ1) is 14.2. The highest BCUT2D eigenvalue weighted by Crippen LogP contribution is 2.45. The van der Waals surface area contributed by atoms with Gasteiger partial charge in [0.05, 0.1) is 0 Å². The molecule has 1 aromatic carbocycles. The van der Waals surface area contributed by atoms with Gasteiger partial charge in [-0.15, -0.1) is 0 Å². The molecular weight excluding hydrogens is 352 g/mol. The van der Waals surface area contributed by atoms with E-state index in [4.69, 9.17) is 5.11 Å². The smallest absolute Gasteiger partial charge is 0.0319 e. The van der Waals surface area contributed by atoms with E-state index >= 15 is 0 Å². The molecular formula is C28H48O. The third-order valence-corrected chi connectivity index (χ3v) is 3.56. The topological polar surface area (TPSA) is 20.2 Å². The first kappa shape index (κ1) is 34.4. The van der Waals surface area contributed by atoms with Gasteiger partial charge in [0, 0.05) is 7.11 Å². The van der Waals surface area contributed by atoms with E-state index in [9.17, 15) is 0 Å². The quantitative estimate of drug-likeness (QED) is 0.499. The highest BCUT2D eigenvalue weighted by molar-refractivity contribution is 5.95. The lowest BCUT2D eigenvalue weighted by Crippen LogP contribution is -2.09. The molecule has 0 atom stereocenters. The van der Waals surface area contributed by atoms with Crippen molar-refractivity contribution >= 4 is 5.57 Å². The van der Waals surface area contributed by atoms with Crippen LogP contribution in [-0.2, 0) is 0 Å². The van der Waals surface area contributed by atoms with Crippen molar-refractivity contribution in [3.05, 3.63) is 89.1 Å². The SMILES string of the molecule is C=C/C=C(\C=C/C)C1=C(c2ccccc2)C(C)=C1C.CC.CC.CC.CC.CO. The van der Waals surface area contributed by atoms with Gasteiger partial charge in [-0.1, -0.05) is 117 Å². The van der Waals surface area contributed by atoms with Crippen LogP contribution in [0.15, 0.2) is 83.5 Å². The summed E-state index contributed by atoms with van der Waals surface area (Å²) in [4.78, 5) is 0. The van der Waals surface area contributed by atoms with Crippen molar-refractivity contribution in [2.45, 2.75) is 76.2 Å². The number of hydrogen-bond acceptors (Lipinski definition) is 1. The van der Waals surface area contributed by atoms with Crippen molar-refractivity contribution in [3.8, 4) is 0 Å². The molecule has 0 fully saturated rings. The average molecular weight is 401 g/mol. The lowest BCUT2D eigenvalue weighted by Gasteiger charge is -2.29. The molecule has 2 rings (SSSR count). The molecule has 1 heteroatoms. The van der Waals surface area contributed by atoms with Gasteiger partial charge in [-0.2, -0.15) is 0 Å². The van der Waals surface area contributed by atoms with Crippen molar-refractivity contribution in [1.82, 2.24) is 0 Å². The zero-order valence-electron chi connectivity index (χ0n) is 21.4. The summed E-state index contributed by atoms with van der Waals surface area (Å²) in [6.45, 7) is 26.3. The first-order valence-corrected chi connectivity index (χ1v) is 11.1. The van der Waals surface area contributed by atoms with E-state index in [0.717, 1.165) is 7.11 Å². The van der Waals surface area contributed by atoms with Crippen molar-refractivity contribution in [3.63, 3.8) is 0 Å². The summed E-state index contributed by atoms with van der Waals surface area (Å²) in [5.41, 5.74) is 8.01. The van der Waals surface area contributed by atoms with E-state index in [-0.39, 0.29) is 0 Å². The number of hydrogen-bond donors (Lipinski definition) is 1. The molecule has 0 unspecified atom stereocenters. The molecule has 1 aliphatic rings. The van der Waals surface area contributed by atoms with Gasteiger partial charge >= 0.3 is 0 Å². The molecule has 1 aliphatic carbocycles. The zero-order valence-corrected chi connectivity index (χ0v) is 21.4. The number of benzene rings is 1. The molecule has 1 aromatic rings. The lowest BCUT2D eigenvalue weighted by molar-refractivity contribution is 0.399. The predicted octanol–water partition coefficient (Wildman–Crippen LogP) is 9.19. The summed E-state index contributed by atoms with van der Waals surface area (Å²) in [5.74, 6) is 0. The maximum atomic E-state index is 7.00. The molecule has 0 bridgehead atoms. The zero-order chi connectivity index (χ0) is 23.8. The standard InChI is InChI=1S/C19H20.4C2H6.CH4O/c1-5-10-16(11-6-2)18-14(3)15(4)19(18)17-12-8-7-9-13-17;5*1-2/h5-13H,1H2,2-4H3;4*1-2H3;2H,1H3/b11-6-,16-10+;;;;;. The third kappa shape index (κ3) is 11.5. The van der Waals surface area contributed by atoms with E-state index in [2.05, 4.69) is 69.0 Å². The molecule has 0 saturated carbocycles. The van der Waals surface area contributed by atoms with Gasteiger partial charge in [0.15, 0.2) is 0 Å². The summed E-state index contributed by atoms with van der Waals surface area (Å²) in [7, 11) is 1.00. The Morgan fingerprint density at radius 2 is 1.24 bits per heavy atom. The molecule has 0 heterocycles. The van der Waals surface area contributed by atoms with Gasteiger partial charge in [-0.05, 0) is 54.2 Å². The van der Waals surface area contributed by atoms with Gasteiger partial charge in [-0.3, -0.25) is 0 Å². The third-order valence-electron chi connectivity index (χ3n) is 3.56. The van der Waals surface area contributed by atoms with Crippen LogP contribution in [0, 0.1) is 0 Å². The van der Waals surface area contributed by atoms with Crippen molar-refractivity contribution in [2.75, 3.05) is 7.11 Å². The van der Waals surface area contributed by atoms with Crippen LogP contribution in [0.3, 0.4) is 0 Å². The fourth-order valence-corrected chi connectivity index (χ4v) is 2.54. The van der Waals surface area contributed by atoms with Crippen LogP contribution < -0.4 is 0 Å². The normalized spacial score (nSPS) is 11.6. The van der Waals surface area contributed by atoms with Crippen LogP contribution in [0.1, 0.15) is 81.7 Å². The van der Waals surface area contributed by atoms with E-state index in [1.165, 1.54) is 33.4 Å². The minimum absolute atomic E-state index is 1.00. The minimum atomic E-state index is 1.00.